The highest BCUT2D eigenvalue weighted by molar-refractivity contribution is 9.10. The number of carbonyl (C=O) groups excluding carboxylic acids is 2. The molecule has 3 aromatic carbocycles. The van der Waals surface area contributed by atoms with E-state index in [1.807, 2.05) is 0 Å². The second-order valence-electron chi connectivity index (χ2n) is 7.40. The van der Waals surface area contributed by atoms with Gasteiger partial charge in [-0.2, -0.15) is 0 Å². The Hall–Kier alpha value is -3.21. The Balaban J connectivity index is 1.55. The third kappa shape index (κ3) is 5.90. The van der Waals surface area contributed by atoms with Crippen LogP contribution in [0.4, 0.5) is 14.9 Å². The summed E-state index contributed by atoms with van der Waals surface area (Å²) in [6, 6.07) is 15.0. The van der Waals surface area contributed by atoms with Gasteiger partial charge >= 0.3 is 0 Å². The summed E-state index contributed by atoms with van der Waals surface area (Å²) < 4.78 is 19.9. The summed E-state index contributed by atoms with van der Waals surface area (Å²) in [6.07, 6.45) is 1.55. The highest BCUT2D eigenvalue weighted by Crippen LogP contribution is 2.36. The second kappa shape index (κ2) is 10.6. The van der Waals surface area contributed by atoms with Gasteiger partial charge in [-0.25, -0.2) is 4.39 Å². The number of hydrogen-bond acceptors (Lipinski definition) is 6. The molecule has 4 rings (SSSR count). The lowest BCUT2D eigenvalue weighted by molar-refractivity contribution is -0.384. The van der Waals surface area contributed by atoms with E-state index in [2.05, 4.69) is 15.9 Å². The average molecular weight is 578 g/mol. The molecule has 0 aromatic heterocycles. The van der Waals surface area contributed by atoms with Gasteiger partial charge in [0.15, 0.2) is 0 Å². The lowest BCUT2D eigenvalue weighted by Gasteiger charge is -2.13. The van der Waals surface area contributed by atoms with E-state index < -0.39 is 21.9 Å². The number of rotatable bonds is 7. The van der Waals surface area contributed by atoms with Crippen LogP contribution in [-0.4, -0.2) is 21.0 Å². The summed E-state index contributed by atoms with van der Waals surface area (Å²) in [6.45, 7) is -0.0234. The normalized spacial score (nSPS) is 14.6. The van der Waals surface area contributed by atoms with Crippen molar-refractivity contribution < 1.29 is 23.6 Å². The van der Waals surface area contributed by atoms with Crippen molar-refractivity contribution in [3.63, 3.8) is 0 Å². The van der Waals surface area contributed by atoms with Crippen LogP contribution in [0.3, 0.4) is 0 Å². The molecule has 2 amide bonds. The molecule has 0 unspecified atom stereocenters. The molecular formula is C24H15BrClFN2O5S. The molecular weight excluding hydrogens is 563 g/mol. The smallest absolute Gasteiger partial charge is 0.293 e. The number of nitrogens with zero attached hydrogens (tertiary/aromatic N) is 2. The maximum absolute atomic E-state index is 13.3. The van der Waals surface area contributed by atoms with Crippen molar-refractivity contribution in [1.29, 1.82) is 0 Å². The van der Waals surface area contributed by atoms with Gasteiger partial charge in [-0.05, 0) is 59.3 Å². The SMILES string of the molecule is O=C1S/C(=C\c2cc(Br)ccc2OCc2cccc([N+](=O)[O-])c2)C(=O)N1Cc1ccc(F)cc1Cl. The summed E-state index contributed by atoms with van der Waals surface area (Å²) >= 11 is 10.2. The molecule has 0 spiro atoms. The van der Waals surface area contributed by atoms with E-state index >= 15 is 0 Å². The molecule has 1 aliphatic heterocycles. The molecule has 11 heteroatoms. The Morgan fingerprint density at radius 3 is 2.69 bits per heavy atom. The predicted octanol–water partition coefficient (Wildman–Crippen LogP) is 6.97. The summed E-state index contributed by atoms with van der Waals surface area (Å²) in [5, 5.41) is 10.7. The molecule has 0 N–H and O–H groups in total. The van der Waals surface area contributed by atoms with Gasteiger partial charge in [0.25, 0.3) is 16.8 Å². The van der Waals surface area contributed by atoms with Crippen LogP contribution in [0.5, 0.6) is 5.75 Å². The van der Waals surface area contributed by atoms with E-state index in [4.69, 9.17) is 16.3 Å². The van der Waals surface area contributed by atoms with Gasteiger partial charge in [-0.3, -0.25) is 24.6 Å². The van der Waals surface area contributed by atoms with E-state index in [1.54, 1.807) is 36.4 Å². The molecule has 7 nitrogen and oxygen atoms in total. The third-order valence-corrected chi connectivity index (χ3v) is 6.74. The van der Waals surface area contributed by atoms with Gasteiger partial charge in [-0.15, -0.1) is 0 Å². The zero-order valence-corrected chi connectivity index (χ0v) is 20.9. The summed E-state index contributed by atoms with van der Waals surface area (Å²) in [5.74, 6) is -0.599. The highest BCUT2D eigenvalue weighted by Gasteiger charge is 2.35. The fourth-order valence-corrected chi connectivity index (χ4v) is 4.72. The molecule has 3 aromatic rings. The Morgan fingerprint density at radius 1 is 1.14 bits per heavy atom. The van der Waals surface area contributed by atoms with Gasteiger partial charge in [0.05, 0.1) is 16.4 Å². The molecule has 1 saturated heterocycles. The second-order valence-corrected chi connectivity index (χ2v) is 9.72. The number of nitro groups is 1. The number of imide groups is 1. The fraction of sp³-hybridized carbons (Fsp3) is 0.0833. The lowest BCUT2D eigenvalue weighted by Crippen LogP contribution is -2.27. The first kappa shape index (κ1) is 24.9. The number of carbonyl (C=O) groups is 2. The monoisotopic (exact) mass is 576 g/mol. The van der Waals surface area contributed by atoms with E-state index in [1.165, 1.54) is 24.3 Å². The molecule has 0 aliphatic carbocycles. The predicted molar refractivity (Wildman–Crippen MR) is 134 cm³/mol. The fourth-order valence-electron chi connectivity index (χ4n) is 3.28. The first-order valence-electron chi connectivity index (χ1n) is 10.1. The van der Waals surface area contributed by atoms with Crippen LogP contribution in [0.1, 0.15) is 16.7 Å². The minimum atomic E-state index is -0.514. The van der Waals surface area contributed by atoms with Crippen LogP contribution >= 0.6 is 39.3 Å². The molecule has 1 heterocycles. The topological polar surface area (TPSA) is 89.7 Å². The van der Waals surface area contributed by atoms with Crippen molar-refractivity contribution in [1.82, 2.24) is 4.90 Å². The van der Waals surface area contributed by atoms with Gasteiger partial charge in [0.2, 0.25) is 0 Å². The molecule has 35 heavy (non-hydrogen) atoms. The minimum absolute atomic E-state index is 0.0444. The Kier molecular flexibility index (Phi) is 7.54. The molecule has 0 atom stereocenters. The number of ether oxygens (including phenoxy) is 1. The first-order valence-corrected chi connectivity index (χ1v) is 12.0. The number of halogens is 3. The third-order valence-electron chi connectivity index (χ3n) is 4.99. The van der Waals surface area contributed by atoms with E-state index in [0.29, 0.717) is 22.4 Å². The highest BCUT2D eigenvalue weighted by atomic mass is 79.9. The van der Waals surface area contributed by atoms with Crippen molar-refractivity contribution in [3.8, 4) is 5.75 Å². The van der Waals surface area contributed by atoms with Crippen LogP contribution < -0.4 is 4.74 Å². The number of nitro benzene ring substituents is 1. The minimum Gasteiger partial charge on any atom is -0.488 e. The summed E-state index contributed by atoms with van der Waals surface area (Å²) in [4.78, 5) is 37.2. The number of amides is 2. The molecule has 1 fully saturated rings. The van der Waals surface area contributed by atoms with Gasteiger partial charge in [0, 0.05) is 27.2 Å². The number of non-ortho nitro benzene ring substituents is 1. The average Bonchev–Trinajstić information content (AvgIpc) is 3.07. The van der Waals surface area contributed by atoms with E-state index in [9.17, 15) is 24.1 Å². The number of thioether (sulfide) groups is 1. The molecule has 0 bridgehead atoms. The Morgan fingerprint density at radius 2 is 1.94 bits per heavy atom. The zero-order chi connectivity index (χ0) is 25.1. The van der Waals surface area contributed by atoms with Crippen molar-refractivity contribution >= 4 is 62.2 Å². The van der Waals surface area contributed by atoms with Crippen molar-refractivity contribution in [3.05, 3.63) is 108 Å². The molecule has 0 saturated carbocycles. The molecule has 178 valence electrons. The standard InChI is InChI=1S/C24H15BrClFN2O5S/c25-17-5-7-21(34-13-14-2-1-3-19(8-14)29(32)33)16(9-17)10-22-23(30)28(24(31)35-22)12-15-4-6-18(27)11-20(15)26/h1-11H,12-13H2/b22-10-. The molecule has 1 aliphatic rings. The van der Waals surface area contributed by atoms with Gasteiger partial charge in [-0.1, -0.05) is 45.7 Å². The number of benzene rings is 3. The number of hydrogen-bond donors (Lipinski definition) is 0. The van der Waals surface area contributed by atoms with Gasteiger partial charge < -0.3 is 4.74 Å². The van der Waals surface area contributed by atoms with Gasteiger partial charge in [0.1, 0.15) is 18.2 Å². The zero-order valence-electron chi connectivity index (χ0n) is 17.7. The summed E-state index contributed by atoms with van der Waals surface area (Å²) in [7, 11) is 0. The molecule has 0 radical (unpaired) electrons. The van der Waals surface area contributed by atoms with Crippen LogP contribution in [-0.2, 0) is 17.9 Å². The summed E-state index contributed by atoms with van der Waals surface area (Å²) in [5.41, 5.74) is 1.54. The lowest BCUT2D eigenvalue weighted by atomic mass is 10.1. The van der Waals surface area contributed by atoms with Crippen LogP contribution in [0.15, 0.2) is 70.0 Å². The van der Waals surface area contributed by atoms with Crippen molar-refractivity contribution in [2.24, 2.45) is 0 Å². The van der Waals surface area contributed by atoms with Crippen LogP contribution in [0.25, 0.3) is 6.08 Å². The van der Waals surface area contributed by atoms with Crippen molar-refractivity contribution in [2.45, 2.75) is 13.2 Å². The Bertz CT molecular complexity index is 1380. The quantitative estimate of drug-likeness (QED) is 0.171. The van der Waals surface area contributed by atoms with Crippen LogP contribution in [0, 0.1) is 15.9 Å². The maximum atomic E-state index is 13.3. The van der Waals surface area contributed by atoms with Crippen molar-refractivity contribution in [2.75, 3.05) is 0 Å². The van der Waals surface area contributed by atoms with Crippen LogP contribution in [0.2, 0.25) is 5.02 Å². The maximum Gasteiger partial charge on any atom is 0.293 e. The first-order chi connectivity index (χ1) is 16.7. The van der Waals surface area contributed by atoms with E-state index in [0.717, 1.165) is 27.2 Å². The largest absolute Gasteiger partial charge is 0.488 e. The Labute approximate surface area is 216 Å². The van der Waals surface area contributed by atoms with E-state index in [-0.39, 0.29) is 28.8 Å².